The minimum absolute atomic E-state index is 0.741. The third kappa shape index (κ3) is 2.45. The van der Waals surface area contributed by atoms with E-state index in [1.165, 1.54) is 38.5 Å². The van der Waals surface area contributed by atoms with Gasteiger partial charge in [-0.2, -0.15) is 0 Å². The summed E-state index contributed by atoms with van der Waals surface area (Å²) < 4.78 is 0. The van der Waals surface area contributed by atoms with E-state index < -0.39 is 0 Å². The Balaban J connectivity index is 1.94. The summed E-state index contributed by atoms with van der Waals surface area (Å²) in [5.41, 5.74) is 5.02. The number of benzene rings is 1. The molecule has 3 atom stereocenters. The molecule has 1 fully saturated rings. The number of hydrogen-bond acceptors (Lipinski definition) is 1. The predicted molar refractivity (Wildman–Crippen MR) is 81.7 cm³/mol. The first-order chi connectivity index (χ1) is 9.16. The van der Waals surface area contributed by atoms with Gasteiger partial charge >= 0.3 is 0 Å². The van der Waals surface area contributed by atoms with Crippen LogP contribution in [-0.4, -0.2) is 25.0 Å². The fraction of sp³-hybridized carbons (Fsp3) is 0.667. The van der Waals surface area contributed by atoms with Crippen LogP contribution < -0.4 is 0 Å². The molecule has 3 rings (SSSR count). The maximum Gasteiger partial charge on any atom is 0.0133 e. The lowest BCUT2D eigenvalue weighted by atomic mass is 9.79. The molecule has 0 bridgehead atoms. The molecule has 1 nitrogen and oxygen atoms in total. The van der Waals surface area contributed by atoms with Gasteiger partial charge in [-0.15, -0.1) is 0 Å². The zero-order chi connectivity index (χ0) is 13.4. The Labute approximate surface area is 118 Å². The van der Waals surface area contributed by atoms with Crippen molar-refractivity contribution in [2.45, 2.75) is 57.4 Å². The summed E-state index contributed by atoms with van der Waals surface area (Å²) in [7, 11) is 4.47. The van der Waals surface area contributed by atoms with E-state index in [9.17, 15) is 0 Å². The Morgan fingerprint density at radius 2 is 1.95 bits per heavy atom. The van der Waals surface area contributed by atoms with E-state index >= 15 is 0 Å². The van der Waals surface area contributed by atoms with Crippen LogP contribution in [0.5, 0.6) is 0 Å². The van der Waals surface area contributed by atoms with Crippen LogP contribution in [0.1, 0.15) is 55.2 Å². The van der Waals surface area contributed by atoms with Gasteiger partial charge in [0.05, 0.1) is 0 Å². The van der Waals surface area contributed by atoms with Crippen molar-refractivity contribution in [2.24, 2.45) is 5.92 Å². The maximum absolute atomic E-state index is 2.45. The topological polar surface area (TPSA) is 3.24 Å². The molecule has 0 radical (unpaired) electrons. The summed E-state index contributed by atoms with van der Waals surface area (Å²) in [6, 6.07) is 7.83. The smallest absolute Gasteiger partial charge is 0.0133 e. The van der Waals surface area contributed by atoms with E-state index in [-0.39, 0.29) is 0 Å². The Bertz CT molecular complexity index is 449. The highest BCUT2D eigenvalue weighted by Gasteiger charge is 2.30. The molecule has 0 aliphatic heterocycles. The minimum Gasteiger partial charge on any atom is -0.306 e. The first-order valence-corrected chi connectivity index (χ1v) is 7.94. The molecule has 19 heavy (non-hydrogen) atoms. The van der Waals surface area contributed by atoms with Gasteiger partial charge in [-0.05, 0) is 68.3 Å². The lowest BCUT2D eigenvalue weighted by Gasteiger charge is -2.33. The van der Waals surface area contributed by atoms with E-state index in [2.05, 4.69) is 44.1 Å². The molecule has 0 amide bonds. The number of fused-ring (bicyclic) bond motifs is 1. The zero-order valence-electron chi connectivity index (χ0n) is 12.7. The Morgan fingerprint density at radius 3 is 2.63 bits per heavy atom. The van der Waals surface area contributed by atoms with E-state index in [4.69, 9.17) is 0 Å². The van der Waals surface area contributed by atoms with Gasteiger partial charge in [-0.1, -0.05) is 38.0 Å². The fourth-order valence-electron chi connectivity index (χ4n) is 4.19. The first-order valence-electron chi connectivity index (χ1n) is 7.94. The molecule has 1 aromatic carbocycles. The molecule has 0 N–H and O–H groups in total. The van der Waals surface area contributed by atoms with Gasteiger partial charge in [-0.25, -0.2) is 0 Å². The molecular weight excluding hydrogens is 230 g/mol. The highest BCUT2D eigenvalue weighted by molar-refractivity contribution is 5.40. The summed E-state index contributed by atoms with van der Waals surface area (Å²) in [5, 5.41) is 0. The van der Waals surface area contributed by atoms with E-state index in [0.717, 1.165) is 17.9 Å². The molecule has 0 spiro atoms. The normalized spacial score (nSPS) is 30.6. The lowest BCUT2D eigenvalue weighted by Crippen LogP contribution is -2.34. The van der Waals surface area contributed by atoms with Crippen LogP contribution in [-0.2, 0) is 12.8 Å². The summed E-state index contributed by atoms with van der Waals surface area (Å²) in [6.45, 7) is 2.45. The SMILES string of the molecule is C[C@@H]1CCC[C@H]1c1cccc2c1C[C@H](N(C)C)CC2. The van der Waals surface area contributed by atoms with Crippen molar-refractivity contribution in [2.75, 3.05) is 14.1 Å². The number of rotatable bonds is 2. The molecule has 1 heteroatoms. The Morgan fingerprint density at radius 1 is 1.11 bits per heavy atom. The minimum atomic E-state index is 0.741. The molecule has 0 unspecified atom stereocenters. The molecule has 104 valence electrons. The third-order valence-electron chi connectivity index (χ3n) is 5.49. The van der Waals surface area contributed by atoms with Gasteiger partial charge < -0.3 is 4.90 Å². The number of hydrogen-bond donors (Lipinski definition) is 0. The summed E-state index contributed by atoms with van der Waals surface area (Å²) in [6.07, 6.45) is 8.11. The monoisotopic (exact) mass is 257 g/mol. The summed E-state index contributed by atoms with van der Waals surface area (Å²) >= 11 is 0. The Hall–Kier alpha value is -0.820. The van der Waals surface area contributed by atoms with Crippen molar-refractivity contribution in [1.82, 2.24) is 4.90 Å². The second-order valence-corrected chi connectivity index (χ2v) is 6.86. The highest BCUT2D eigenvalue weighted by Crippen LogP contribution is 2.42. The van der Waals surface area contributed by atoms with Crippen molar-refractivity contribution in [3.8, 4) is 0 Å². The Kier molecular flexibility index (Phi) is 3.66. The van der Waals surface area contributed by atoms with Crippen LogP contribution in [0.2, 0.25) is 0 Å². The van der Waals surface area contributed by atoms with Crippen LogP contribution in [0.4, 0.5) is 0 Å². The van der Waals surface area contributed by atoms with Crippen LogP contribution in [0, 0.1) is 5.92 Å². The van der Waals surface area contributed by atoms with Gasteiger partial charge in [0.15, 0.2) is 0 Å². The van der Waals surface area contributed by atoms with Crippen LogP contribution in [0.3, 0.4) is 0 Å². The highest BCUT2D eigenvalue weighted by atomic mass is 15.1. The van der Waals surface area contributed by atoms with Gasteiger partial charge in [0.2, 0.25) is 0 Å². The maximum atomic E-state index is 2.45. The lowest BCUT2D eigenvalue weighted by molar-refractivity contribution is 0.267. The quantitative estimate of drug-likeness (QED) is 0.774. The molecule has 2 aliphatic rings. The second-order valence-electron chi connectivity index (χ2n) is 6.86. The molecule has 0 aromatic heterocycles. The number of nitrogens with zero attached hydrogens (tertiary/aromatic N) is 1. The number of aryl methyl sites for hydroxylation is 1. The summed E-state index contributed by atoms with van der Waals surface area (Å²) in [5.74, 6) is 1.71. The van der Waals surface area contributed by atoms with Crippen molar-refractivity contribution < 1.29 is 0 Å². The van der Waals surface area contributed by atoms with Crippen LogP contribution in [0.15, 0.2) is 18.2 Å². The fourth-order valence-corrected chi connectivity index (χ4v) is 4.19. The van der Waals surface area contributed by atoms with E-state index in [1.54, 1.807) is 16.7 Å². The van der Waals surface area contributed by atoms with E-state index in [1.807, 2.05) is 0 Å². The van der Waals surface area contributed by atoms with Crippen molar-refractivity contribution >= 4 is 0 Å². The van der Waals surface area contributed by atoms with E-state index in [0.29, 0.717) is 0 Å². The van der Waals surface area contributed by atoms with Gasteiger partial charge in [0.1, 0.15) is 0 Å². The standard InChI is InChI=1S/C18H27N/c1-13-6-4-8-16(13)17-9-5-7-14-10-11-15(19(2)3)12-18(14)17/h5,7,9,13,15-16H,4,6,8,10-12H2,1-3H3/t13-,15-,16-/m1/s1. The molecule has 2 aliphatic carbocycles. The largest absolute Gasteiger partial charge is 0.306 e. The second kappa shape index (κ2) is 5.28. The average molecular weight is 257 g/mol. The van der Waals surface area contributed by atoms with Crippen LogP contribution in [0.25, 0.3) is 0 Å². The first kappa shape index (κ1) is 13.2. The van der Waals surface area contributed by atoms with Crippen molar-refractivity contribution in [3.05, 3.63) is 34.9 Å². The van der Waals surface area contributed by atoms with Crippen molar-refractivity contribution in [1.29, 1.82) is 0 Å². The zero-order valence-corrected chi connectivity index (χ0v) is 12.7. The van der Waals surface area contributed by atoms with Crippen LogP contribution >= 0.6 is 0 Å². The van der Waals surface area contributed by atoms with Gasteiger partial charge in [0.25, 0.3) is 0 Å². The molecular formula is C18H27N. The average Bonchev–Trinajstić information content (AvgIpc) is 2.83. The predicted octanol–water partition coefficient (Wildman–Crippen LogP) is 4.01. The number of likely N-dealkylation sites (N-methyl/N-ethyl adjacent to an activating group) is 1. The molecule has 1 aromatic rings. The molecule has 0 saturated heterocycles. The molecule has 0 heterocycles. The van der Waals surface area contributed by atoms with Crippen molar-refractivity contribution in [3.63, 3.8) is 0 Å². The van der Waals surface area contributed by atoms with Gasteiger partial charge in [0, 0.05) is 6.04 Å². The summed E-state index contributed by atoms with van der Waals surface area (Å²) in [4.78, 5) is 2.41. The third-order valence-corrected chi connectivity index (χ3v) is 5.49. The van der Waals surface area contributed by atoms with Gasteiger partial charge in [-0.3, -0.25) is 0 Å². The molecule has 1 saturated carbocycles.